The lowest BCUT2D eigenvalue weighted by Gasteiger charge is -2.21. The predicted octanol–water partition coefficient (Wildman–Crippen LogP) is 3.75. The molecule has 4 heteroatoms. The van der Waals surface area contributed by atoms with Crippen LogP contribution in [0.1, 0.15) is 29.0 Å². The third kappa shape index (κ3) is 5.01. The number of rotatable bonds is 7. The molecule has 0 spiro atoms. The standard InChI is InChI=1S/C23H21BO3/c1-26-23(25)15-20(18-10-6-3-7-11-18)21-14-19(24)12-13-22(21)27-16-17-8-4-2-5-9-17/h2-14,20H,15-16H2,1H3. The number of benzene rings is 3. The smallest absolute Gasteiger partial charge is 0.306 e. The third-order valence-electron chi connectivity index (χ3n) is 4.45. The van der Waals surface area contributed by atoms with Crippen molar-refractivity contribution in [1.82, 2.24) is 0 Å². The highest BCUT2D eigenvalue weighted by Gasteiger charge is 2.22. The first-order chi connectivity index (χ1) is 13.2. The van der Waals surface area contributed by atoms with Gasteiger partial charge in [0.1, 0.15) is 20.2 Å². The summed E-state index contributed by atoms with van der Waals surface area (Å²) in [7, 11) is 7.44. The fourth-order valence-corrected chi connectivity index (χ4v) is 3.05. The molecule has 0 aromatic heterocycles. The van der Waals surface area contributed by atoms with Crippen molar-refractivity contribution in [3.8, 4) is 5.75 Å². The molecule has 0 fully saturated rings. The Bertz CT molecular complexity index is 879. The zero-order chi connectivity index (χ0) is 19.1. The molecule has 0 bridgehead atoms. The minimum absolute atomic E-state index is 0.201. The maximum absolute atomic E-state index is 12.1. The van der Waals surface area contributed by atoms with E-state index in [-0.39, 0.29) is 18.3 Å². The summed E-state index contributed by atoms with van der Waals surface area (Å²) in [5.74, 6) is 0.235. The third-order valence-corrected chi connectivity index (χ3v) is 4.45. The second kappa shape index (κ2) is 9.08. The molecule has 3 rings (SSSR count). The predicted molar refractivity (Wildman–Crippen MR) is 108 cm³/mol. The Morgan fingerprint density at radius 2 is 1.63 bits per heavy atom. The van der Waals surface area contributed by atoms with E-state index in [1.807, 2.05) is 78.9 Å². The van der Waals surface area contributed by atoms with Crippen LogP contribution in [0.2, 0.25) is 0 Å². The first-order valence-electron chi connectivity index (χ1n) is 8.85. The molecular formula is C23H21BO3. The van der Waals surface area contributed by atoms with Gasteiger partial charge >= 0.3 is 5.97 Å². The molecule has 1 unspecified atom stereocenters. The van der Waals surface area contributed by atoms with Crippen molar-refractivity contribution < 1.29 is 14.3 Å². The quantitative estimate of drug-likeness (QED) is 0.478. The van der Waals surface area contributed by atoms with Crippen molar-refractivity contribution in [3.63, 3.8) is 0 Å². The van der Waals surface area contributed by atoms with Gasteiger partial charge < -0.3 is 9.47 Å². The van der Waals surface area contributed by atoms with Gasteiger partial charge in [0, 0.05) is 11.5 Å². The SMILES string of the molecule is [B]c1ccc(OCc2ccccc2)c(C(CC(=O)OC)c2ccccc2)c1. The molecule has 3 nitrogen and oxygen atoms in total. The van der Waals surface area contributed by atoms with Crippen molar-refractivity contribution in [2.24, 2.45) is 0 Å². The lowest BCUT2D eigenvalue weighted by molar-refractivity contribution is -0.140. The van der Waals surface area contributed by atoms with Crippen molar-refractivity contribution in [1.29, 1.82) is 0 Å². The van der Waals surface area contributed by atoms with Crippen LogP contribution in [0.4, 0.5) is 0 Å². The van der Waals surface area contributed by atoms with Crippen LogP contribution in [0.25, 0.3) is 0 Å². The van der Waals surface area contributed by atoms with E-state index in [2.05, 4.69) is 0 Å². The van der Waals surface area contributed by atoms with E-state index in [9.17, 15) is 4.79 Å². The first kappa shape index (κ1) is 18.8. The zero-order valence-corrected chi connectivity index (χ0v) is 15.3. The molecule has 0 amide bonds. The van der Waals surface area contributed by atoms with E-state index >= 15 is 0 Å². The van der Waals surface area contributed by atoms with E-state index in [0.29, 0.717) is 17.8 Å². The molecule has 134 valence electrons. The summed E-state index contributed by atoms with van der Waals surface area (Å²) in [4.78, 5) is 12.1. The van der Waals surface area contributed by atoms with Crippen molar-refractivity contribution in [3.05, 3.63) is 95.6 Å². The molecule has 0 N–H and O–H groups in total. The van der Waals surface area contributed by atoms with Gasteiger partial charge in [0.2, 0.25) is 0 Å². The molecule has 0 aliphatic carbocycles. The topological polar surface area (TPSA) is 35.5 Å². The van der Waals surface area contributed by atoms with Gasteiger partial charge in [-0.05, 0) is 17.2 Å². The van der Waals surface area contributed by atoms with Gasteiger partial charge in [-0.25, -0.2) is 0 Å². The number of carbonyl (C=O) groups excluding carboxylic acids is 1. The van der Waals surface area contributed by atoms with Crippen molar-refractivity contribution >= 4 is 19.3 Å². The first-order valence-corrected chi connectivity index (χ1v) is 8.85. The van der Waals surface area contributed by atoms with Crippen LogP contribution in [-0.2, 0) is 16.1 Å². The van der Waals surface area contributed by atoms with E-state index in [4.69, 9.17) is 17.3 Å². The van der Waals surface area contributed by atoms with Gasteiger partial charge in [-0.1, -0.05) is 78.3 Å². The van der Waals surface area contributed by atoms with Crippen molar-refractivity contribution in [2.45, 2.75) is 18.9 Å². The van der Waals surface area contributed by atoms with E-state index < -0.39 is 0 Å². The summed E-state index contributed by atoms with van der Waals surface area (Å²) >= 11 is 0. The molecule has 3 aromatic rings. The lowest BCUT2D eigenvalue weighted by Crippen LogP contribution is -2.14. The number of hydrogen-bond donors (Lipinski definition) is 0. The Kier molecular flexibility index (Phi) is 6.32. The fourth-order valence-electron chi connectivity index (χ4n) is 3.05. The second-order valence-corrected chi connectivity index (χ2v) is 6.32. The molecule has 0 aliphatic rings. The van der Waals surface area contributed by atoms with Gasteiger partial charge in [0.05, 0.1) is 13.5 Å². The van der Waals surface area contributed by atoms with Crippen LogP contribution in [0, 0.1) is 0 Å². The van der Waals surface area contributed by atoms with Gasteiger partial charge in [-0.15, -0.1) is 0 Å². The molecule has 27 heavy (non-hydrogen) atoms. The second-order valence-electron chi connectivity index (χ2n) is 6.32. The van der Waals surface area contributed by atoms with Crippen molar-refractivity contribution in [2.75, 3.05) is 7.11 Å². The van der Waals surface area contributed by atoms with Crippen LogP contribution in [0.3, 0.4) is 0 Å². The molecule has 2 radical (unpaired) electrons. The average molecular weight is 356 g/mol. The summed E-state index contributed by atoms with van der Waals surface area (Å²) < 4.78 is 11.0. The highest BCUT2D eigenvalue weighted by molar-refractivity contribution is 6.32. The lowest BCUT2D eigenvalue weighted by atomic mass is 9.84. The number of hydrogen-bond acceptors (Lipinski definition) is 3. The number of carbonyl (C=O) groups is 1. The molecule has 0 heterocycles. The maximum Gasteiger partial charge on any atom is 0.306 e. The Morgan fingerprint density at radius 1 is 0.963 bits per heavy atom. The summed E-state index contributed by atoms with van der Waals surface area (Å²) in [6.45, 7) is 0.442. The summed E-state index contributed by atoms with van der Waals surface area (Å²) in [5, 5.41) is 0. The van der Waals surface area contributed by atoms with Crippen LogP contribution < -0.4 is 10.2 Å². The number of ether oxygens (including phenoxy) is 2. The van der Waals surface area contributed by atoms with Gasteiger partial charge in [0.25, 0.3) is 0 Å². The Labute approximate surface area is 161 Å². The van der Waals surface area contributed by atoms with Crippen LogP contribution in [0.15, 0.2) is 78.9 Å². The molecule has 0 saturated heterocycles. The van der Waals surface area contributed by atoms with Crippen LogP contribution in [-0.4, -0.2) is 20.9 Å². The van der Waals surface area contributed by atoms with Crippen LogP contribution >= 0.6 is 0 Å². The maximum atomic E-state index is 12.1. The largest absolute Gasteiger partial charge is 0.489 e. The monoisotopic (exact) mass is 356 g/mol. The minimum atomic E-state index is -0.278. The fraction of sp³-hybridized carbons (Fsp3) is 0.174. The summed E-state index contributed by atoms with van der Waals surface area (Å²) in [6, 6.07) is 25.4. The van der Waals surface area contributed by atoms with Gasteiger partial charge in [0.15, 0.2) is 0 Å². The Morgan fingerprint density at radius 3 is 2.30 bits per heavy atom. The van der Waals surface area contributed by atoms with E-state index in [0.717, 1.165) is 16.7 Å². The summed E-state index contributed by atoms with van der Waals surface area (Å²) in [6.07, 6.45) is 0.214. The molecule has 0 aliphatic heterocycles. The zero-order valence-electron chi connectivity index (χ0n) is 15.3. The summed E-state index contributed by atoms with van der Waals surface area (Å²) in [5.41, 5.74) is 3.59. The molecule has 0 saturated carbocycles. The normalized spacial score (nSPS) is 11.6. The Balaban J connectivity index is 1.95. The molecular weight excluding hydrogens is 335 g/mol. The van der Waals surface area contributed by atoms with E-state index in [1.165, 1.54) is 7.11 Å². The molecule has 3 aromatic carbocycles. The molecule has 1 atom stereocenters. The minimum Gasteiger partial charge on any atom is -0.489 e. The number of methoxy groups -OCH3 is 1. The van der Waals surface area contributed by atoms with E-state index in [1.54, 1.807) is 0 Å². The highest BCUT2D eigenvalue weighted by Crippen LogP contribution is 2.34. The highest BCUT2D eigenvalue weighted by atomic mass is 16.5. The van der Waals surface area contributed by atoms with Crippen LogP contribution in [0.5, 0.6) is 5.75 Å². The number of esters is 1. The average Bonchev–Trinajstić information content (AvgIpc) is 2.72. The Hall–Kier alpha value is -3.01. The van der Waals surface area contributed by atoms with Gasteiger partial charge in [-0.3, -0.25) is 4.79 Å². The van der Waals surface area contributed by atoms with Gasteiger partial charge in [-0.2, -0.15) is 0 Å².